The summed E-state index contributed by atoms with van der Waals surface area (Å²) in [4.78, 5) is 31.2. The summed E-state index contributed by atoms with van der Waals surface area (Å²) in [5.41, 5.74) is 0.262. The van der Waals surface area contributed by atoms with Gasteiger partial charge in [0.2, 0.25) is 17.6 Å². The van der Waals surface area contributed by atoms with E-state index >= 15 is 0 Å². The van der Waals surface area contributed by atoms with Gasteiger partial charge in [0.1, 0.15) is 5.82 Å². The first kappa shape index (κ1) is 23.0. The van der Waals surface area contributed by atoms with E-state index in [1.165, 1.54) is 36.4 Å². The summed E-state index contributed by atoms with van der Waals surface area (Å²) in [7, 11) is 0. The molecule has 3 aromatic rings. The fraction of sp³-hybridized carbons (Fsp3) is 0.333. The number of carbonyl (C=O) groups excluding carboxylic acids is 2. The Hall–Kier alpha value is -3.76. The average Bonchev–Trinajstić information content (AvgIpc) is 3.32. The van der Waals surface area contributed by atoms with E-state index in [9.17, 15) is 27.2 Å². The maximum atomic E-state index is 13.2. The van der Waals surface area contributed by atoms with E-state index in [4.69, 9.17) is 4.52 Å². The molecule has 1 saturated heterocycles. The number of urea groups is 1. The number of aromatic nitrogens is 2. The molecule has 0 bridgehead atoms. The van der Waals surface area contributed by atoms with Gasteiger partial charge in [0.15, 0.2) is 0 Å². The van der Waals surface area contributed by atoms with Gasteiger partial charge in [-0.2, -0.15) is 18.2 Å². The highest BCUT2D eigenvalue weighted by Gasteiger charge is 2.45. The Morgan fingerprint density at radius 2 is 1.74 bits per heavy atom. The minimum atomic E-state index is -4.43. The molecule has 0 radical (unpaired) electrons. The van der Waals surface area contributed by atoms with Gasteiger partial charge >= 0.3 is 12.2 Å². The van der Waals surface area contributed by atoms with Crippen molar-refractivity contribution < 1.29 is 31.7 Å². The Balaban J connectivity index is 1.26. The van der Waals surface area contributed by atoms with Crippen LogP contribution >= 0.6 is 0 Å². The minimum Gasteiger partial charge on any atom is -0.339 e. The van der Waals surface area contributed by atoms with Crippen LogP contribution in [-0.2, 0) is 17.5 Å². The molecule has 2 heterocycles. The highest BCUT2D eigenvalue weighted by Crippen LogP contribution is 2.39. The number of rotatable bonds is 4. The summed E-state index contributed by atoms with van der Waals surface area (Å²) >= 11 is 0. The molecular formula is C24H20F4N4O3. The summed E-state index contributed by atoms with van der Waals surface area (Å²) in [5.74, 6) is -0.800. The molecule has 1 aliphatic carbocycles. The van der Waals surface area contributed by atoms with Crippen molar-refractivity contribution in [3.8, 4) is 11.4 Å². The molecule has 1 aromatic heterocycles. The molecule has 7 nitrogen and oxygen atoms in total. The summed E-state index contributed by atoms with van der Waals surface area (Å²) in [6.07, 6.45) is -2.95. The Labute approximate surface area is 197 Å². The lowest BCUT2D eigenvalue weighted by atomic mass is 9.76. The van der Waals surface area contributed by atoms with Crippen molar-refractivity contribution in [1.29, 1.82) is 0 Å². The molecule has 1 saturated carbocycles. The first-order valence-corrected chi connectivity index (χ1v) is 11.1. The second-order valence-corrected chi connectivity index (χ2v) is 8.75. The number of hydrogen-bond donors (Lipinski definition) is 1. The largest absolute Gasteiger partial charge is 0.416 e. The van der Waals surface area contributed by atoms with Crippen molar-refractivity contribution in [2.24, 2.45) is 5.92 Å². The van der Waals surface area contributed by atoms with Crippen molar-refractivity contribution in [2.45, 2.75) is 43.9 Å². The molecule has 2 aliphatic rings. The van der Waals surface area contributed by atoms with Crippen molar-refractivity contribution in [1.82, 2.24) is 20.4 Å². The molecule has 1 N–H and O–H groups in total. The van der Waals surface area contributed by atoms with Gasteiger partial charge in [-0.3, -0.25) is 9.69 Å². The topological polar surface area (TPSA) is 88.3 Å². The number of carbonyl (C=O) groups is 2. The second kappa shape index (κ2) is 8.79. The van der Waals surface area contributed by atoms with Crippen LogP contribution in [-0.4, -0.2) is 33.0 Å². The fourth-order valence-corrected chi connectivity index (χ4v) is 4.64. The van der Waals surface area contributed by atoms with Crippen LogP contribution in [0.3, 0.4) is 0 Å². The number of hydrogen-bond acceptors (Lipinski definition) is 5. The molecule has 2 aromatic carbocycles. The zero-order chi connectivity index (χ0) is 24.7. The van der Waals surface area contributed by atoms with E-state index in [0.717, 1.165) is 17.0 Å². The zero-order valence-electron chi connectivity index (χ0n) is 18.3. The first-order chi connectivity index (χ1) is 16.7. The van der Waals surface area contributed by atoms with Gasteiger partial charge in [0.25, 0.3) is 0 Å². The van der Waals surface area contributed by atoms with Crippen LogP contribution in [0.15, 0.2) is 53.1 Å². The maximum absolute atomic E-state index is 13.2. The van der Waals surface area contributed by atoms with Crippen LogP contribution in [0.2, 0.25) is 0 Å². The fourth-order valence-electron chi connectivity index (χ4n) is 4.64. The van der Waals surface area contributed by atoms with Crippen molar-refractivity contribution in [3.05, 3.63) is 71.4 Å². The molecule has 35 heavy (non-hydrogen) atoms. The predicted octanol–water partition coefficient (Wildman–Crippen LogP) is 4.90. The van der Waals surface area contributed by atoms with Crippen molar-refractivity contribution >= 4 is 11.9 Å². The third kappa shape index (κ3) is 4.62. The van der Waals surface area contributed by atoms with Gasteiger partial charge in [-0.05, 0) is 49.1 Å². The number of nitrogens with one attached hydrogen (secondary N) is 1. The molecule has 3 unspecified atom stereocenters. The Morgan fingerprint density at radius 3 is 2.43 bits per heavy atom. The number of fused-ring (bicyclic) bond motifs is 1. The molecule has 2 fully saturated rings. The Bertz CT molecular complexity index is 1240. The maximum Gasteiger partial charge on any atom is 0.416 e. The quantitative estimate of drug-likeness (QED) is 0.528. The lowest BCUT2D eigenvalue weighted by Crippen LogP contribution is -2.60. The predicted molar refractivity (Wildman–Crippen MR) is 114 cm³/mol. The molecule has 0 spiro atoms. The third-order valence-corrected chi connectivity index (χ3v) is 6.50. The van der Waals surface area contributed by atoms with E-state index in [2.05, 4.69) is 15.5 Å². The SMILES string of the molecule is O=C1NC2CC(c3nc(-c4ccc(C(F)(F)F)cc4)no3)CCC2C(=O)N1Cc1ccc(F)cc1. The van der Waals surface area contributed by atoms with Crippen LogP contribution in [0.1, 0.15) is 42.2 Å². The van der Waals surface area contributed by atoms with E-state index in [0.29, 0.717) is 36.3 Å². The first-order valence-electron chi connectivity index (χ1n) is 11.1. The van der Waals surface area contributed by atoms with Gasteiger partial charge < -0.3 is 9.84 Å². The number of halogens is 4. The van der Waals surface area contributed by atoms with Crippen LogP contribution in [0.5, 0.6) is 0 Å². The van der Waals surface area contributed by atoms with Crippen molar-refractivity contribution in [2.75, 3.05) is 0 Å². The summed E-state index contributed by atoms with van der Waals surface area (Å²) in [6.45, 7) is 0.0533. The number of alkyl halides is 3. The monoisotopic (exact) mass is 488 g/mol. The summed E-state index contributed by atoms with van der Waals surface area (Å²) in [6, 6.07) is 9.17. The number of imide groups is 1. The normalized spacial score (nSPS) is 22.6. The van der Waals surface area contributed by atoms with E-state index in [1.54, 1.807) is 0 Å². The van der Waals surface area contributed by atoms with Crippen LogP contribution < -0.4 is 5.32 Å². The molecule has 3 amide bonds. The number of benzene rings is 2. The van der Waals surface area contributed by atoms with Crippen LogP contribution in [0.25, 0.3) is 11.4 Å². The molecule has 1 aliphatic heterocycles. The Morgan fingerprint density at radius 1 is 1.03 bits per heavy atom. The molecule has 182 valence electrons. The van der Waals surface area contributed by atoms with Gasteiger partial charge in [0.05, 0.1) is 18.0 Å². The Kier molecular flexibility index (Phi) is 5.78. The third-order valence-electron chi connectivity index (χ3n) is 6.50. The number of amides is 3. The molecule has 11 heteroatoms. The molecular weight excluding hydrogens is 468 g/mol. The lowest BCUT2D eigenvalue weighted by molar-refractivity contribution is -0.138. The molecule has 5 rings (SSSR count). The van der Waals surface area contributed by atoms with Gasteiger partial charge in [-0.15, -0.1) is 0 Å². The average molecular weight is 488 g/mol. The van der Waals surface area contributed by atoms with Crippen molar-refractivity contribution in [3.63, 3.8) is 0 Å². The van der Waals surface area contributed by atoms with Gasteiger partial charge in [-0.25, -0.2) is 9.18 Å². The standard InChI is InChI=1S/C24H20F4N4O3/c25-17-8-1-13(2-9-17)12-32-22(33)18-10-5-15(11-19(18)29-23(32)34)21-30-20(31-35-21)14-3-6-16(7-4-14)24(26,27)28/h1-4,6-9,15,18-19H,5,10-12H2,(H,29,34). The van der Waals surface area contributed by atoms with Crippen LogP contribution in [0.4, 0.5) is 22.4 Å². The second-order valence-electron chi connectivity index (χ2n) is 8.75. The number of nitrogens with zero attached hydrogens (tertiary/aromatic N) is 3. The van der Waals surface area contributed by atoms with Gasteiger partial charge in [-0.1, -0.05) is 29.4 Å². The highest BCUT2D eigenvalue weighted by molar-refractivity contribution is 5.98. The van der Waals surface area contributed by atoms with Crippen LogP contribution in [0, 0.1) is 11.7 Å². The molecule has 3 atom stereocenters. The minimum absolute atomic E-state index is 0.0533. The van der Waals surface area contributed by atoms with E-state index in [1.807, 2.05) is 0 Å². The van der Waals surface area contributed by atoms with Gasteiger partial charge in [0, 0.05) is 17.5 Å². The summed E-state index contributed by atoms with van der Waals surface area (Å²) in [5, 5.41) is 6.78. The highest BCUT2D eigenvalue weighted by atomic mass is 19.4. The van der Waals surface area contributed by atoms with E-state index < -0.39 is 35.5 Å². The lowest BCUT2D eigenvalue weighted by Gasteiger charge is -2.41. The summed E-state index contributed by atoms with van der Waals surface area (Å²) < 4.78 is 56.9. The van der Waals surface area contributed by atoms with E-state index in [-0.39, 0.29) is 24.2 Å². The smallest absolute Gasteiger partial charge is 0.339 e. The zero-order valence-corrected chi connectivity index (χ0v) is 18.3.